The first kappa shape index (κ1) is 15.9. The molecule has 0 aliphatic carbocycles. The maximum Gasteiger partial charge on any atom is 0.410 e. The van der Waals surface area contributed by atoms with Crippen LogP contribution in [0.25, 0.3) is 0 Å². The zero-order valence-electron chi connectivity index (χ0n) is 12.6. The minimum atomic E-state index is -0.466. The molecule has 5 nitrogen and oxygen atoms in total. The molecule has 2 heterocycles. The molecule has 1 saturated heterocycles. The van der Waals surface area contributed by atoms with Gasteiger partial charge in [0, 0.05) is 32.1 Å². The van der Waals surface area contributed by atoms with E-state index in [0.717, 1.165) is 12.8 Å². The van der Waals surface area contributed by atoms with E-state index in [2.05, 4.69) is 4.98 Å². The number of piperidine rings is 1. The summed E-state index contributed by atoms with van der Waals surface area (Å²) in [5, 5.41) is 0.507. The van der Waals surface area contributed by atoms with Gasteiger partial charge in [0.1, 0.15) is 16.7 Å². The Kier molecular flexibility index (Phi) is 4.93. The molecule has 6 heteroatoms. The Morgan fingerprint density at radius 2 is 2.05 bits per heavy atom. The molecule has 0 bridgehead atoms. The number of hydrogen-bond donors (Lipinski definition) is 0. The van der Waals surface area contributed by atoms with Gasteiger partial charge in [-0.2, -0.15) is 0 Å². The summed E-state index contributed by atoms with van der Waals surface area (Å²) in [4.78, 5) is 17.8. The fourth-order valence-electron chi connectivity index (χ4n) is 2.10. The molecule has 2 rings (SSSR count). The fourth-order valence-corrected chi connectivity index (χ4v) is 2.26. The van der Waals surface area contributed by atoms with E-state index in [9.17, 15) is 4.79 Å². The Morgan fingerprint density at radius 3 is 2.62 bits per heavy atom. The summed E-state index contributed by atoms with van der Waals surface area (Å²) < 4.78 is 11.2. The Balaban J connectivity index is 1.83. The Bertz CT molecular complexity index is 494. The summed E-state index contributed by atoms with van der Waals surface area (Å²) >= 11 is 6.02. The molecule has 1 aliphatic rings. The fraction of sp³-hybridized carbons (Fsp3) is 0.600. The number of amides is 1. The van der Waals surface area contributed by atoms with Crippen molar-refractivity contribution in [1.82, 2.24) is 9.88 Å². The van der Waals surface area contributed by atoms with E-state index in [0.29, 0.717) is 24.0 Å². The molecule has 0 atom stereocenters. The third-order valence-electron chi connectivity index (χ3n) is 3.10. The van der Waals surface area contributed by atoms with Crippen molar-refractivity contribution in [3.05, 3.63) is 23.4 Å². The number of ether oxygens (including phenoxy) is 2. The molecule has 0 unspecified atom stereocenters. The molecule has 0 radical (unpaired) electrons. The minimum Gasteiger partial charge on any atom is -0.473 e. The first-order chi connectivity index (χ1) is 9.85. The zero-order chi connectivity index (χ0) is 15.5. The van der Waals surface area contributed by atoms with Crippen LogP contribution in [0.2, 0.25) is 5.02 Å². The standard InChI is InChI=1S/C15H21ClN2O3/c1-15(2,3)21-14(19)18-9-6-11(7-10-18)20-13-12(16)5-4-8-17-13/h4-5,8,11H,6-7,9-10H2,1-3H3. The minimum absolute atomic E-state index is 0.0242. The second kappa shape index (κ2) is 6.52. The molecule has 116 valence electrons. The monoisotopic (exact) mass is 312 g/mol. The van der Waals surface area contributed by atoms with Gasteiger partial charge < -0.3 is 14.4 Å². The Morgan fingerprint density at radius 1 is 1.38 bits per heavy atom. The quantitative estimate of drug-likeness (QED) is 0.838. The molecule has 0 saturated carbocycles. The highest BCUT2D eigenvalue weighted by molar-refractivity contribution is 6.31. The number of rotatable bonds is 2. The number of hydrogen-bond acceptors (Lipinski definition) is 4. The SMILES string of the molecule is CC(C)(C)OC(=O)N1CCC(Oc2ncccc2Cl)CC1. The molecule has 0 N–H and O–H groups in total. The summed E-state index contributed by atoms with van der Waals surface area (Å²) in [5.41, 5.74) is -0.466. The van der Waals surface area contributed by atoms with Crippen LogP contribution in [0.5, 0.6) is 5.88 Å². The third-order valence-corrected chi connectivity index (χ3v) is 3.38. The van der Waals surface area contributed by atoms with E-state index in [1.807, 2.05) is 20.8 Å². The predicted molar refractivity (Wildman–Crippen MR) is 80.7 cm³/mol. The summed E-state index contributed by atoms with van der Waals surface area (Å²) in [6.07, 6.45) is 2.89. The molecule has 21 heavy (non-hydrogen) atoms. The topological polar surface area (TPSA) is 51.7 Å². The van der Waals surface area contributed by atoms with Gasteiger partial charge in [0.25, 0.3) is 0 Å². The lowest BCUT2D eigenvalue weighted by atomic mass is 10.1. The first-order valence-electron chi connectivity index (χ1n) is 7.10. The van der Waals surface area contributed by atoms with Crippen molar-refractivity contribution in [2.75, 3.05) is 13.1 Å². The summed E-state index contributed by atoms with van der Waals surface area (Å²) in [6, 6.07) is 3.51. The highest BCUT2D eigenvalue weighted by Gasteiger charge is 2.28. The van der Waals surface area contributed by atoms with E-state index in [1.54, 1.807) is 23.2 Å². The average molecular weight is 313 g/mol. The van der Waals surface area contributed by atoms with Gasteiger partial charge in [-0.15, -0.1) is 0 Å². The van der Waals surface area contributed by atoms with Gasteiger partial charge in [-0.25, -0.2) is 9.78 Å². The van der Waals surface area contributed by atoms with Crippen LogP contribution in [-0.2, 0) is 4.74 Å². The maximum absolute atomic E-state index is 12.0. The summed E-state index contributed by atoms with van der Waals surface area (Å²) in [5.74, 6) is 0.454. The molecule has 1 fully saturated rings. The second-order valence-corrected chi connectivity index (χ2v) is 6.48. The molecule has 1 aromatic heterocycles. The van der Waals surface area contributed by atoms with Crippen LogP contribution in [0, 0.1) is 0 Å². The number of aromatic nitrogens is 1. The summed E-state index contributed by atoms with van der Waals surface area (Å²) in [6.45, 7) is 6.82. The average Bonchev–Trinajstić information content (AvgIpc) is 2.40. The van der Waals surface area contributed by atoms with E-state index in [1.165, 1.54) is 0 Å². The number of pyridine rings is 1. The third kappa shape index (κ3) is 4.77. The number of nitrogens with zero attached hydrogens (tertiary/aromatic N) is 2. The highest BCUT2D eigenvalue weighted by atomic mass is 35.5. The van der Waals surface area contributed by atoms with Crippen molar-refractivity contribution in [3.8, 4) is 5.88 Å². The van der Waals surface area contributed by atoms with Crippen LogP contribution < -0.4 is 4.74 Å². The van der Waals surface area contributed by atoms with Gasteiger partial charge >= 0.3 is 6.09 Å². The van der Waals surface area contributed by atoms with Crippen molar-refractivity contribution < 1.29 is 14.3 Å². The zero-order valence-corrected chi connectivity index (χ0v) is 13.4. The van der Waals surface area contributed by atoms with E-state index < -0.39 is 5.60 Å². The largest absolute Gasteiger partial charge is 0.473 e. The van der Waals surface area contributed by atoms with Crippen LogP contribution in [0.15, 0.2) is 18.3 Å². The maximum atomic E-state index is 12.0. The van der Waals surface area contributed by atoms with Crippen molar-refractivity contribution in [3.63, 3.8) is 0 Å². The van der Waals surface area contributed by atoms with Gasteiger partial charge in [0.15, 0.2) is 0 Å². The van der Waals surface area contributed by atoms with Crippen LogP contribution >= 0.6 is 11.6 Å². The first-order valence-corrected chi connectivity index (χ1v) is 7.48. The number of halogens is 1. The lowest BCUT2D eigenvalue weighted by Gasteiger charge is -2.33. The Labute approximate surface area is 130 Å². The van der Waals surface area contributed by atoms with E-state index in [4.69, 9.17) is 21.1 Å². The van der Waals surface area contributed by atoms with Crippen LogP contribution in [0.1, 0.15) is 33.6 Å². The van der Waals surface area contributed by atoms with E-state index >= 15 is 0 Å². The van der Waals surface area contributed by atoms with Crippen LogP contribution in [0.4, 0.5) is 4.79 Å². The van der Waals surface area contributed by atoms with Gasteiger partial charge in [0.05, 0.1) is 0 Å². The molecular formula is C15H21ClN2O3. The van der Waals surface area contributed by atoms with Crippen molar-refractivity contribution in [2.45, 2.75) is 45.3 Å². The number of carbonyl (C=O) groups is 1. The lowest BCUT2D eigenvalue weighted by molar-refractivity contribution is 0.0123. The predicted octanol–water partition coefficient (Wildman–Crippen LogP) is 3.51. The molecule has 0 spiro atoms. The van der Waals surface area contributed by atoms with E-state index in [-0.39, 0.29) is 12.2 Å². The molecule has 1 amide bonds. The number of likely N-dealkylation sites (tertiary alicyclic amines) is 1. The van der Waals surface area contributed by atoms with Crippen molar-refractivity contribution in [1.29, 1.82) is 0 Å². The van der Waals surface area contributed by atoms with Crippen molar-refractivity contribution in [2.24, 2.45) is 0 Å². The molecule has 1 aromatic rings. The van der Waals surface area contributed by atoms with Gasteiger partial charge in [-0.05, 0) is 32.9 Å². The molecule has 1 aliphatic heterocycles. The van der Waals surface area contributed by atoms with Crippen molar-refractivity contribution >= 4 is 17.7 Å². The van der Waals surface area contributed by atoms with Gasteiger partial charge in [0.2, 0.25) is 5.88 Å². The van der Waals surface area contributed by atoms with Gasteiger partial charge in [-0.1, -0.05) is 11.6 Å². The van der Waals surface area contributed by atoms with Crippen LogP contribution in [0.3, 0.4) is 0 Å². The van der Waals surface area contributed by atoms with Gasteiger partial charge in [-0.3, -0.25) is 0 Å². The number of carbonyl (C=O) groups excluding carboxylic acids is 1. The second-order valence-electron chi connectivity index (χ2n) is 6.07. The normalized spacial score (nSPS) is 16.7. The highest BCUT2D eigenvalue weighted by Crippen LogP contribution is 2.24. The van der Waals surface area contributed by atoms with Crippen LogP contribution in [-0.4, -0.2) is 40.8 Å². The smallest absolute Gasteiger partial charge is 0.410 e. The summed E-state index contributed by atoms with van der Waals surface area (Å²) in [7, 11) is 0. The molecule has 0 aromatic carbocycles. The lowest BCUT2D eigenvalue weighted by Crippen LogP contribution is -2.44. The Hall–Kier alpha value is -1.49. The molecular weight excluding hydrogens is 292 g/mol.